The van der Waals surface area contributed by atoms with Crippen LogP contribution in [0.1, 0.15) is 10.6 Å². The van der Waals surface area contributed by atoms with Crippen molar-refractivity contribution in [3.63, 3.8) is 0 Å². The molecule has 0 N–H and O–H groups in total. The first-order valence-electron chi connectivity index (χ1n) is 7.58. The lowest BCUT2D eigenvalue weighted by atomic mass is 10.2. The highest BCUT2D eigenvalue weighted by molar-refractivity contribution is 7.19. The number of carbonyl (C=O) groups excluding carboxylic acids is 1. The summed E-state index contributed by atoms with van der Waals surface area (Å²) in [6, 6.07) is 6.41. The lowest BCUT2D eigenvalue weighted by Gasteiger charge is -2.31. The molecule has 1 fully saturated rings. The number of halogens is 1. The summed E-state index contributed by atoms with van der Waals surface area (Å²) >= 11 is 1.21. The number of hydrogen-bond acceptors (Lipinski definition) is 6. The normalized spacial score (nSPS) is 16.0. The van der Waals surface area contributed by atoms with Crippen LogP contribution in [0.5, 0.6) is 0 Å². The summed E-state index contributed by atoms with van der Waals surface area (Å²) in [5, 5.41) is 12.8. The summed E-state index contributed by atoms with van der Waals surface area (Å²) in [7, 11) is 2.03. The molecule has 0 bridgehead atoms. The van der Waals surface area contributed by atoms with Crippen LogP contribution in [-0.4, -0.2) is 68.7 Å². The number of hydrogen-bond donors (Lipinski definition) is 0. The van der Waals surface area contributed by atoms with Gasteiger partial charge in [-0.25, -0.2) is 4.39 Å². The molecular formula is C15H15FN6OS. The predicted octanol–water partition coefficient (Wildman–Crippen LogP) is 1.38. The van der Waals surface area contributed by atoms with Crippen LogP contribution in [0.15, 0.2) is 24.3 Å². The molecule has 4 rings (SSSR count). The Balaban J connectivity index is 1.68. The summed E-state index contributed by atoms with van der Waals surface area (Å²) in [6.07, 6.45) is 0. The Bertz CT molecular complexity index is 898. The minimum atomic E-state index is -0.352. The zero-order chi connectivity index (χ0) is 16.7. The maximum absolute atomic E-state index is 13.9. The van der Waals surface area contributed by atoms with E-state index in [1.807, 2.05) is 7.05 Å². The lowest BCUT2D eigenvalue weighted by molar-refractivity contribution is 0.0649. The van der Waals surface area contributed by atoms with Gasteiger partial charge in [0.1, 0.15) is 5.82 Å². The van der Waals surface area contributed by atoms with Crippen molar-refractivity contribution in [3.8, 4) is 10.6 Å². The number of nitrogens with zero attached hydrogens (tertiary/aromatic N) is 6. The van der Waals surface area contributed by atoms with Crippen molar-refractivity contribution in [2.75, 3.05) is 33.2 Å². The molecule has 0 spiro atoms. The molecule has 124 valence electrons. The van der Waals surface area contributed by atoms with Gasteiger partial charge in [-0.3, -0.25) is 4.79 Å². The van der Waals surface area contributed by atoms with E-state index in [1.54, 1.807) is 23.1 Å². The van der Waals surface area contributed by atoms with E-state index in [1.165, 1.54) is 21.9 Å². The van der Waals surface area contributed by atoms with Gasteiger partial charge < -0.3 is 9.80 Å². The number of benzene rings is 1. The van der Waals surface area contributed by atoms with Crippen molar-refractivity contribution in [3.05, 3.63) is 35.9 Å². The molecule has 9 heteroatoms. The molecule has 0 aliphatic carbocycles. The standard InChI is InChI=1S/C15H15FN6OS/c1-20-6-8-21(9-7-20)14(23)12-17-18-15-22(12)19-13(24-15)10-4-2-3-5-11(10)16/h2-5H,6-9H2,1H3. The summed E-state index contributed by atoms with van der Waals surface area (Å²) < 4.78 is 15.3. The van der Waals surface area contributed by atoms with E-state index in [2.05, 4.69) is 20.2 Å². The minimum Gasteiger partial charge on any atom is -0.333 e. The molecule has 0 unspecified atom stereocenters. The van der Waals surface area contributed by atoms with Gasteiger partial charge in [-0.1, -0.05) is 23.5 Å². The molecule has 7 nitrogen and oxygen atoms in total. The van der Waals surface area contributed by atoms with Gasteiger partial charge in [0.05, 0.1) is 0 Å². The van der Waals surface area contributed by atoms with Gasteiger partial charge in [-0.2, -0.15) is 9.61 Å². The van der Waals surface area contributed by atoms with E-state index >= 15 is 0 Å². The lowest BCUT2D eigenvalue weighted by Crippen LogP contribution is -2.47. The SMILES string of the molecule is CN1CCN(C(=O)c2nnc3sc(-c4ccccc4F)nn23)CC1. The summed E-state index contributed by atoms with van der Waals surface area (Å²) in [5.74, 6) is -0.371. The highest BCUT2D eigenvalue weighted by atomic mass is 32.1. The molecule has 24 heavy (non-hydrogen) atoms. The van der Waals surface area contributed by atoms with Crippen LogP contribution in [0.4, 0.5) is 4.39 Å². The monoisotopic (exact) mass is 346 g/mol. The number of fused-ring (bicyclic) bond motifs is 1. The topological polar surface area (TPSA) is 66.6 Å². The Morgan fingerprint density at radius 1 is 1.17 bits per heavy atom. The Labute approximate surface area is 141 Å². The zero-order valence-corrected chi connectivity index (χ0v) is 13.8. The molecule has 0 atom stereocenters. The second kappa shape index (κ2) is 5.91. The van der Waals surface area contributed by atoms with Crippen molar-refractivity contribution >= 4 is 22.2 Å². The Morgan fingerprint density at radius 2 is 1.92 bits per heavy atom. The Hall–Kier alpha value is -2.39. The molecule has 1 aliphatic rings. The highest BCUT2D eigenvalue weighted by Gasteiger charge is 2.26. The number of aromatic nitrogens is 4. The van der Waals surface area contributed by atoms with Crippen LogP contribution < -0.4 is 0 Å². The third-order valence-electron chi connectivity index (χ3n) is 4.08. The zero-order valence-electron chi connectivity index (χ0n) is 13.0. The fraction of sp³-hybridized carbons (Fsp3) is 0.333. The van der Waals surface area contributed by atoms with Crippen molar-refractivity contribution in [1.29, 1.82) is 0 Å². The molecular weight excluding hydrogens is 331 g/mol. The minimum absolute atomic E-state index is 0.174. The van der Waals surface area contributed by atoms with E-state index in [0.717, 1.165) is 13.1 Å². The van der Waals surface area contributed by atoms with Gasteiger partial charge >= 0.3 is 0 Å². The van der Waals surface area contributed by atoms with Gasteiger partial charge in [0.15, 0.2) is 5.01 Å². The number of rotatable bonds is 2. The van der Waals surface area contributed by atoms with Gasteiger partial charge in [0.25, 0.3) is 5.91 Å². The molecule has 3 heterocycles. The molecule has 3 aromatic rings. The van der Waals surface area contributed by atoms with Crippen molar-refractivity contribution in [2.24, 2.45) is 0 Å². The van der Waals surface area contributed by atoms with E-state index in [4.69, 9.17) is 0 Å². The summed E-state index contributed by atoms with van der Waals surface area (Å²) in [5.41, 5.74) is 0.394. The molecule has 0 saturated carbocycles. The van der Waals surface area contributed by atoms with Crippen molar-refractivity contribution in [2.45, 2.75) is 0 Å². The highest BCUT2D eigenvalue weighted by Crippen LogP contribution is 2.27. The van der Waals surface area contributed by atoms with Crippen LogP contribution in [0.25, 0.3) is 15.5 Å². The second-order valence-corrected chi connectivity index (χ2v) is 6.66. The van der Waals surface area contributed by atoms with Gasteiger partial charge in [0, 0.05) is 31.7 Å². The fourth-order valence-electron chi connectivity index (χ4n) is 2.64. The average Bonchev–Trinajstić information content (AvgIpc) is 3.16. The van der Waals surface area contributed by atoms with Crippen LogP contribution >= 0.6 is 11.3 Å². The first-order chi connectivity index (χ1) is 11.6. The number of carbonyl (C=O) groups is 1. The van der Waals surface area contributed by atoms with Gasteiger partial charge in [0.2, 0.25) is 10.8 Å². The smallest absolute Gasteiger partial charge is 0.293 e. The number of amides is 1. The maximum atomic E-state index is 13.9. The van der Waals surface area contributed by atoms with E-state index in [9.17, 15) is 9.18 Å². The van der Waals surface area contributed by atoms with Crippen LogP contribution in [0.3, 0.4) is 0 Å². The van der Waals surface area contributed by atoms with Gasteiger partial charge in [-0.05, 0) is 19.2 Å². The molecule has 2 aromatic heterocycles. The molecule has 1 amide bonds. The second-order valence-electron chi connectivity index (χ2n) is 5.70. The number of piperazine rings is 1. The van der Waals surface area contributed by atoms with E-state index in [0.29, 0.717) is 28.6 Å². The quantitative estimate of drug-likeness (QED) is 0.701. The average molecular weight is 346 g/mol. The van der Waals surface area contributed by atoms with Crippen LogP contribution in [0.2, 0.25) is 0 Å². The van der Waals surface area contributed by atoms with Crippen molar-refractivity contribution in [1.82, 2.24) is 29.6 Å². The predicted molar refractivity (Wildman–Crippen MR) is 87.5 cm³/mol. The van der Waals surface area contributed by atoms with Crippen LogP contribution in [-0.2, 0) is 0 Å². The third-order valence-corrected chi connectivity index (χ3v) is 5.01. The largest absolute Gasteiger partial charge is 0.333 e. The molecule has 1 saturated heterocycles. The summed E-state index contributed by atoms with van der Waals surface area (Å²) in [6.45, 7) is 2.94. The van der Waals surface area contributed by atoms with Crippen LogP contribution in [0, 0.1) is 5.82 Å². The Kier molecular flexibility index (Phi) is 3.73. The fourth-order valence-corrected chi connectivity index (χ4v) is 3.51. The maximum Gasteiger partial charge on any atom is 0.293 e. The van der Waals surface area contributed by atoms with Crippen molar-refractivity contribution < 1.29 is 9.18 Å². The molecule has 0 radical (unpaired) electrons. The summed E-state index contributed by atoms with van der Waals surface area (Å²) in [4.78, 5) is 17.1. The molecule has 1 aliphatic heterocycles. The third kappa shape index (κ3) is 2.55. The number of likely N-dealkylation sites (N-methyl/N-ethyl adjacent to an activating group) is 1. The van der Waals surface area contributed by atoms with E-state index in [-0.39, 0.29) is 17.5 Å². The first kappa shape index (κ1) is 15.2. The first-order valence-corrected chi connectivity index (χ1v) is 8.40. The van der Waals surface area contributed by atoms with Gasteiger partial charge in [-0.15, -0.1) is 10.2 Å². The van der Waals surface area contributed by atoms with E-state index < -0.39 is 0 Å². The Morgan fingerprint density at radius 3 is 2.67 bits per heavy atom. The molecule has 1 aromatic carbocycles.